The Labute approximate surface area is 127 Å². The molecule has 6 heteroatoms. The van der Waals surface area contributed by atoms with E-state index in [4.69, 9.17) is 5.73 Å². The van der Waals surface area contributed by atoms with E-state index in [9.17, 15) is 10.1 Å². The van der Waals surface area contributed by atoms with E-state index >= 15 is 0 Å². The van der Waals surface area contributed by atoms with Crippen LogP contribution in [0.2, 0.25) is 0 Å². The van der Waals surface area contributed by atoms with Crippen LogP contribution in [-0.2, 0) is 13.0 Å². The van der Waals surface area contributed by atoms with Gasteiger partial charge in [-0.15, -0.1) is 0 Å². The fourth-order valence-corrected chi connectivity index (χ4v) is 3.30. The van der Waals surface area contributed by atoms with Gasteiger partial charge in [-0.25, -0.2) is 0 Å². The highest BCUT2D eigenvalue weighted by Gasteiger charge is 2.26. The van der Waals surface area contributed by atoms with Crippen molar-refractivity contribution in [3.63, 3.8) is 0 Å². The summed E-state index contributed by atoms with van der Waals surface area (Å²) in [6.07, 6.45) is 2.02. The number of rotatable bonds is 4. The minimum Gasteiger partial charge on any atom is -0.393 e. The van der Waals surface area contributed by atoms with Gasteiger partial charge in [-0.1, -0.05) is 36.2 Å². The van der Waals surface area contributed by atoms with Crippen LogP contribution in [-0.4, -0.2) is 22.9 Å². The summed E-state index contributed by atoms with van der Waals surface area (Å²) in [7, 11) is 0. The van der Waals surface area contributed by atoms with Gasteiger partial charge in [0.1, 0.15) is 5.69 Å². The van der Waals surface area contributed by atoms with Crippen LogP contribution in [0.5, 0.6) is 0 Å². The molecule has 0 fully saturated rings. The Balaban J connectivity index is 2.32. The monoisotopic (exact) mass is 341 g/mol. The number of nitrogen functional groups attached to an aromatic ring is 1. The second-order valence-electron chi connectivity index (χ2n) is 5.50. The van der Waals surface area contributed by atoms with Crippen LogP contribution in [0.15, 0.2) is 10.5 Å². The molecule has 0 radical (unpaired) electrons. The van der Waals surface area contributed by atoms with E-state index in [1.807, 2.05) is 0 Å². The molecule has 1 unspecified atom stereocenters. The summed E-state index contributed by atoms with van der Waals surface area (Å²) in [5, 5.41) is 11.1. The molecule has 2 N–H and O–H groups in total. The second-order valence-corrected chi connectivity index (χ2v) is 6.36. The number of nitro benzene ring substituents is 1. The molecule has 1 aliphatic heterocycles. The van der Waals surface area contributed by atoms with Crippen LogP contribution in [0.3, 0.4) is 0 Å². The lowest BCUT2D eigenvalue weighted by atomic mass is 9.96. The second kappa shape index (κ2) is 6.10. The molecule has 1 aromatic rings. The van der Waals surface area contributed by atoms with E-state index in [2.05, 4.69) is 34.7 Å². The third kappa shape index (κ3) is 2.96. The van der Waals surface area contributed by atoms with E-state index in [0.717, 1.165) is 41.5 Å². The zero-order chi connectivity index (χ0) is 14.9. The maximum Gasteiger partial charge on any atom is 0.293 e. The number of halogens is 1. The molecule has 2 rings (SSSR count). The number of nitrogens with zero attached hydrogens (tertiary/aromatic N) is 2. The minimum atomic E-state index is -0.409. The molecule has 0 aromatic heterocycles. The molecule has 0 bridgehead atoms. The summed E-state index contributed by atoms with van der Waals surface area (Å²) in [5.74, 6) is 0.625. The first-order valence-electron chi connectivity index (χ1n) is 6.90. The van der Waals surface area contributed by atoms with Crippen LogP contribution >= 0.6 is 15.9 Å². The summed E-state index contributed by atoms with van der Waals surface area (Å²) in [6.45, 7) is 7.09. The summed E-state index contributed by atoms with van der Waals surface area (Å²) >= 11 is 3.44. The quantitative estimate of drug-likeness (QED) is 0.517. The molecule has 1 heterocycles. The number of hydrogen-bond acceptors (Lipinski definition) is 4. The van der Waals surface area contributed by atoms with E-state index in [-0.39, 0.29) is 5.69 Å². The summed E-state index contributed by atoms with van der Waals surface area (Å²) in [4.78, 5) is 13.0. The molecule has 0 spiro atoms. The molecule has 1 aromatic carbocycles. The predicted octanol–water partition coefficient (Wildman–Crippen LogP) is 3.34. The van der Waals surface area contributed by atoms with Crippen LogP contribution in [0, 0.1) is 16.0 Å². The number of hydrogen-bond donors (Lipinski definition) is 1. The predicted molar refractivity (Wildman–Crippen MR) is 83.6 cm³/mol. The average molecular weight is 342 g/mol. The highest BCUT2D eigenvalue weighted by Crippen LogP contribution is 2.37. The average Bonchev–Trinajstić information content (AvgIpc) is 2.42. The first kappa shape index (κ1) is 15.3. The van der Waals surface area contributed by atoms with Crippen molar-refractivity contribution >= 4 is 27.3 Å². The molecular formula is C14H20BrN3O2. The summed E-state index contributed by atoms with van der Waals surface area (Å²) < 4.78 is 0.802. The molecule has 110 valence electrons. The fourth-order valence-electron chi connectivity index (χ4n) is 2.65. The third-order valence-electron chi connectivity index (χ3n) is 4.04. The SMILES string of the molecule is CCC(C)CN1CCc2c(Br)cc([N+](=O)[O-])c(N)c2C1. The normalized spacial score (nSPS) is 16.8. The van der Waals surface area contributed by atoms with Crippen LogP contribution in [0.1, 0.15) is 31.4 Å². The van der Waals surface area contributed by atoms with Gasteiger partial charge in [-0.05, 0) is 17.9 Å². The van der Waals surface area contributed by atoms with Gasteiger partial charge in [0.25, 0.3) is 5.69 Å². The first-order chi connectivity index (χ1) is 9.43. The molecule has 1 aliphatic rings. The van der Waals surface area contributed by atoms with Gasteiger partial charge in [-0.2, -0.15) is 0 Å². The van der Waals surface area contributed by atoms with Gasteiger partial charge in [0.2, 0.25) is 0 Å². The summed E-state index contributed by atoms with van der Waals surface area (Å²) in [5.41, 5.74) is 8.37. The van der Waals surface area contributed by atoms with Gasteiger partial charge in [0, 0.05) is 35.7 Å². The minimum absolute atomic E-state index is 0.000940. The van der Waals surface area contributed by atoms with Gasteiger partial charge in [0.15, 0.2) is 0 Å². The lowest BCUT2D eigenvalue weighted by molar-refractivity contribution is -0.384. The van der Waals surface area contributed by atoms with Crippen molar-refractivity contribution < 1.29 is 4.92 Å². The van der Waals surface area contributed by atoms with Crippen LogP contribution < -0.4 is 5.73 Å². The third-order valence-corrected chi connectivity index (χ3v) is 4.75. The molecule has 5 nitrogen and oxygen atoms in total. The summed E-state index contributed by atoms with van der Waals surface area (Å²) in [6, 6.07) is 1.53. The first-order valence-corrected chi connectivity index (χ1v) is 7.69. The maximum atomic E-state index is 11.1. The van der Waals surface area contributed by atoms with Crippen molar-refractivity contribution in [1.82, 2.24) is 4.90 Å². The van der Waals surface area contributed by atoms with Crippen molar-refractivity contribution in [2.24, 2.45) is 5.92 Å². The fraction of sp³-hybridized carbons (Fsp3) is 0.571. The molecule has 0 aliphatic carbocycles. The van der Waals surface area contributed by atoms with Gasteiger partial charge < -0.3 is 5.73 Å². The van der Waals surface area contributed by atoms with Crippen molar-refractivity contribution in [1.29, 1.82) is 0 Å². The number of fused-ring (bicyclic) bond motifs is 1. The smallest absolute Gasteiger partial charge is 0.293 e. The van der Waals surface area contributed by atoms with Crippen molar-refractivity contribution in [2.75, 3.05) is 18.8 Å². The van der Waals surface area contributed by atoms with Crippen molar-refractivity contribution in [3.8, 4) is 0 Å². The molecule has 0 saturated heterocycles. The Hall–Kier alpha value is -1.14. The highest BCUT2D eigenvalue weighted by molar-refractivity contribution is 9.10. The Morgan fingerprint density at radius 2 is 2.25 bits per heavy atom. The van der Waals surface area contributed by atoms with Gasteiger partial charge in [-0.3, -0.25) is 15.0 Å². The molecule has 1 atom stereocenters. The Kier molecular flexibility index (Phi) is 4.65. The lowest BCUT2D eigenvalue weighted by Crippen LogP contribution is -2.34. The molecule has 0 saturated carbocycles. The highest BCUT2D eigenvalue weighted by atomic mass is 79.9. The lowest BCUT2D eigenvalue weighted by Gasteiger charge is -2.31. The zero-order valence-corrected chi connectivity index (χ0v) is 13.4. The van der Waals surface area contributed by atoms with Crippen molar-refractivity contribution in [3.05, 3.63) is 31.8 Å². The Morgan fingerprint density at radius 3 is 2.85 bits per heavy atom. The number of benzene rings is 1. The topological polar surface area (TPSA) is 72.4 Å². The Morgan fingerprint density at radius 1 is 1.55 bits per heavy atom. The largest absolute Gasteiger partial charge is 0.393 e. The van der Waals surface area contributed by atoms with E-state index in [1.54, 1.807) is 0 Å². The van der Waals surface area contributed by atoms with Gasteiger partial charge in [0.05, 0.1) is 4.92 Å². The van der Waals surface area contributed by atoms with Crippen molar-refractivity contribution in [2.45, 2.75) is 33.2 Å². The van der Waals surface area contributed by atoms with Gasteiger partial charge >= 0.3 is 0 Å². The molecule has 20 heavy (non-hydrogen) atoms. The standard InChI is InChI=1S/C14H20BrN3O2/c1-3-9(2)7-17-5-4-10-11(8-17)14(16)13(18(19)20)6-12(10)15/h6,9H,3-5,7-8,16H2,1-2H3. The maximum absolute atomic E-state index is 11.1. The van der Waals surface area contributed by atoms with E-state index in [0.29, 0.717) is 18.2 Å². The molecular weight excluding hydrogens is 322 g/mol. The number of nitrogens with two attached hydrogens (primary N) is 1. The molecule has 0 amide bonds. The number of nitro groups is 1. The zero-order valence-electron chi connectivity index (χ0n) is 11.9. The van der Waals surface area contributed by atoms with E-state index < -0.39 is 4.92 Å². The Bertz CT molecular complexity index is 534. The van der Waals surface area contributed by atoms with Crippen LogP contribution in [0.4, 0.5) is 11.4 Å². The van der Waals surface area contributed by atoms with E-state index in [1.165, 1.54) is 6.07 Å². The van der Waals surface area contributed by atoms with Crippen LogP contribution in [0.25, 0.3) is 0 Å². The number of anilines is 1.